The number of carbonyl (C=O) groups excluding carboxylic acids is 1. The molecule has 0 atom stereocenters. The fourth-order valence-corrected chi connectivity index (χ4v) is 3.25. The summed E-state index contributed by atoms with van der Waals surface area (Å²) in [5.41, 5.74) is 1.05. The Bertz CT molecular complexity index is 891. The normalized spacial score (nSPS) is 11.4. The molecule has 0 spiro atoms. The first-order chi connectivity index (χ1) is 10.6. The van der Waals surface area contributed by atoms with Crippen LogP contribution in [-0.2, 0) is 0 Å². The van der Waals surface area contributed by atoms with Crippen molar-refractivity contribution in [3.05, 3.63) is 51.2 Å². The molecule has 0 unspecified atom stereocenters. The van der Waals surface area contributed by atoms with E-state index < -0.39 is 5.91 Å². The number of nitrogens with zero attached hydrogens (tertiary/aromatic N) is 3. The minimum Gasteiger partial charge on any atom is -0.493 e. The summed E-state index contributed by atoms with van der Waals surface area (Å²) in [4.78, 5) is 18.6. The molecule has 6 nitrogen and oxygen atoms in total. The zero-order valence-corrected chi connectivity index (χ0v) is 14.1. The molecule has 1 amide bonds. The number of azo groups is 1. The molecule has 22 heavy (non-hydrogen) atoms. The van der Waals surface area contributed by atoms with E-state index in [1.54, 1.807) is 24.3 Å². The first kappa shape index (κ1) is 14.9. The number of rotatable bonds is 2. The van der Waals surface area contributed by atoms with Gasteiger partial charge in [-0.25, -0.2) is 0 Å². The molecule has 110 valence electrons. The van der Waals surface area contributed by atoms with E-state index in [4.69, 9.17) is 0 Å². The molecule has 2 N–H and O–H groups in total. The Morgan fingerprint density at radius 3 is 2.82 bits per heavy atom. The highest BCUT2D eigenvalue weighted by atomic mass is 79.9. The number of carbonyl (C=O) groups is 1. The van der Waals surface area contributed by atoms with E-state index in [0.29, 0.717) is 10.9 Å². The van der Waals surface area contributed by atoms with Gasteiger partial charge in [0.25, 0.3) is 0 Å². The van der Waals surface area contributed by atoms with Gasteiger partial charge in [0.15, 0.2) is 5.69 Å². The van der Waals surface area contributed by atoms with Gasteiger partial charge in [-0.1, -0.05) is 22.0 Å². The zero-order valence-electron chi connectivity index (χ0n) is 10.9. The summed E-state index contributed by atoms with van der Waals surface area (Å²) in [5.74, 6) is -0.741. The van der Waals surface area contributed by atoms with E-state index in [1.807, 2.05) is 6.07 Å². The van der Waals surface area contributed by atoms with Crippen molar-refractivity contribution in [3.8, 4) is 5.88 Å². The first-order valence-electron chi connectivity index (χ1n) is 6.13. The lowest BCUT2D eigenvalue weighted by atomic mass is 10.2. The van der Waals surface area contributed by atoms with Crippen LogP contribution in [0.5, 0.6) is 5.88 Å². The Morgan fingerprint density at radius 2 is 2.09 bits per heavy atom. The fraction of sp³-hybridized carbons (Fsp3) is 0. The largest absolute Gasteiger partial charge is 0.493 e. The average molecular weight is 424 g/mol. The van der Waals surface area contributed by atoms with Gasteiger partial charge in [0, 0.05) is 20.5 Å². The highest BCUT2D eigenvalue weighted by Gasteiger charge is 2.14. The third kappa shape index (κ3) is 2.79. The highest BCUT2D eigenvalue weighted by molar-refractivity contribution is 9.11. The van der Waals surface area contributed by atoms with Crippen LogP contribution in [0.15, 0.2) is 55.7 Å². The van der Waals surface area contributed by atoms with E-state index in [0.717, 1.165) is 8.95 Å². The van der Waals surface area contributed by atoms with Crippen molar-refractivity contribution in [1.82, 2.24) is 9.97 Å². The Balaban J connectivity index is 2.02. The molecule has 2 aromatic heterocycles. The van der Waals surface area contributed by atoms with Gasteiger partial charge in [-0.15, -0.1) is 10.2 Å². The molecule has 3 aromatic rings. The number of pyridine rings is 1. The van der Waals surface area contributed by atoms with Crippen LogP contribution in [0.1, 0.15) is 10.5 Å². The Kier molecular flexibility index (Phi) is 4.04. The molecular formula is C14H8Br2N4O2. The molecule has 2 heterocycles. The molecular weight excluding hydrogens is 416 g/mol. The van der Waals surface area contributed by atoms with E-state index in [-0.39, 0.29) is 17.3 Å². The number of amides is 1. The summed E-state index contributed by atoms with van der Waals surface area (Å²) < 4.78 is 1.56. The van der Waals surface area contributed by atoms with Gasteiger partial charge in [0.2, 0.25) is 5.88 Å². The molecule has 0 aliphatic rings. The van der Waals surface area contributed by atoms with Crippen molar-refractivity contribution in [2.24, 2.45) is 10.2 Å². The first-order valence-corrected chi connectivity index (χ1v) is 7.71. The monoisotopic (exact) mass is 422 g/mol. The molecule has 1 aromatic carbocycles. The maximum absolute atomic E-state index is 11.9. The van der Waals surface area contributed by atoms with Crippen LogP contribution >= 0.6 is 31.9 Å². The maximum atomic E-state index is 11.9. The number of aromatic nitrogens is 2. The van der Waals surface area contributed by atoms with Crippen LogP contribution in [0.4, 0.5) is 5.69 Å². The Labute approximate surface area is 141 Å². The molecule has 0 bridgehead atoms. The molecule has 3 rings (SSSR count). The summed E-state index contributed by atoms with van der Waals surface area (Å²) in [6.45, 7) is 0. The van der Waals surface area contributed by atoms with Gasteiger partial charge in [-0.3, -0.25) is 9.78 Å². The van der Waals surface area contributed by atoms with Crippen molar-refractivity contribution in [3.63, 3.8) is 0 Å². The third-order valence-corrected chi connectivity index (χ3v) is 3.99. The van der Waals surface area contributed by atoms with Crippen LogP contribution in [0.2, 0.25) is 0 Å². The summed E-state index contributed by atoms with van der Waals surface area (Å²) in [6.07, 6.45) is 1.50. The van der Waals surface area contributed by atoms with Crippen LogP contribution in [0.3, 0.4) is 0 Å². The number of aromatic amines is 1. The standard InChI is InChI=1S/C14H8Br2N4O2/c15-7-5-8-11(9(16)6-7)18-14(22)12(8)19-20-13(21)10-3-1-2-4-17-10/h1-6,18,22H. The fourth-order valence-electron chi connectivity index (χ4n) is 1.93. The minimum absolute atomic E-state index is 0.161. The summed E-state index contributed by atoms with van der Waals surface area (Å²) in [5, 5.41) is 18.1. The number of H-pyrrole nitrogens is 1. The lowest BCUT2D eigenvalue weighted by Crippen LogP contribution is -1.96. The van der Waals surface area contributed by atoms with Crippen LogP contribution in [0, 0.1) is 0 Å². The van der Waals surface area contributed by atoms with Crippen LogP contribution < -0.4 is 0 Å². The smallest absolute Gasteiger partial charge is 0.313 e. The van der Waals surface area contributed by atoms with E-state index in [9.17, 15) is 9.90 Å². The van der Waals surface area contributed by atoms with Crippen molar-refractivity contribution in [2.45, 2.75) is 0 Å². The van der Waals surface area contributed by atoms with Gasteiger partial charge < -0.3 is 10.1 Å². The predicted octanol–water partition coefficient (Wildman–Crippen LogP) is 4.72. The zero-order chi connectivity index (χ0) is 15.7. The number of hydrogen-bond acceptors (Lipinski definition) is 4. The van der Waals surface area contributed by atoms with Gasteiger partial charge in [-0.2, -0.15) is 0 Å². The van der Waals surface area contributed by atoms with Crippen LogP contribution in [-0.4, -0.2) is 21.0 Å². The molecule has 0 fully saturated rings. The predicted molar refractivity (Wildman–Crippen MR) is 88.4 cm³/mol. The third-order valence-electron chi connectivity index (χ3n) is 2.90. The van der Waals surface area contributed by atoms with Crippen molar-refractivity contribution in [2.75, 3.05) is 0 Å². The van der Waals surface area contributed by atoms with E-state index >= 15 is 0 Å². The SMILES string of the molecule is O=C(N=Nc1c(O)[nH]c2c(Br)cc(Br)cc12)c1ccccn1. The number of aromatic hydroxyl groups is 1. The number of halogens is 2. The lowest BCUT2D eigenvalue weighted by Gasteiger charge is -1.96. The summed E-state index contributed by atoms with van der Waals surface area (Å²) >= 11 is 6.76. The van der Waals surface area contributed by atoms with Crippen molar-refractivity contribution in [1.29, 1.82) is 0 Å². The highest BCUT2D eigenvalue weighted by Crippen LogP contribution is 2.40. The van der Waals surface area contributed by atoms with Crippen LogP contribution in [0.25, 0.3) is 10.9 Å². The topological polar surface area (TPSA) is 90.7 Å². The van der Waals surface area contributed by atoms with Gasteiger partial charge >= 0.3 is 5.91 Å². The molecule has 0 saturated carbocycles. The number of benzene rings is 1. The maximum Gasteiger partial charge on any atom is 0.313 e. The number of fused-ring (bicyclic) bond motifs is 1. The van der Waals surface area contributed by atoms with Gasteiger partial charge in [-0.05, 0) is 40.2 Å². The molecule has 8 heteroatoms. The molecule has 0 aliphatic heterocycles. The van der Waals surface area contributed by atoms with Gasteiger partial charge in [0.05, 0.1) is 5.52 Å². The second-order valence-electron chi connectivity index (χ2n) is 4.35. The van der Waals surface area contributed by atoms with E-state index in [1.165, 1.54) is 6.20 Å². The van der Waals surface area contributed by atoms with Crippen molar-refractivity contribution >= 4 is 54.4 Å². The Hall–Kier alpha value is -2.06. The molecule has 0 aliphatic carbocycles. The second-order valence-corrected chi connectivity index (χ2v) is 6.12. The average Bonchev–Trinajstić information content (AvgIpc) is 2.82. The molecule has 0 saturated heterocycles. The minimum atomic E-state index is -0.580. The summed E-state index contributed by atoms with van der Waals surface area (Å²) in [6, 6.07) is 8.54. The lowest BCUT2D eigenvalue weighted by molar-refractivity contribution is 0.0990. The molecule has 0 radical (unpaired) electrons. The second kappa shape index (κ2) is 5.98. The van der Waals surface area contributed by atoms with Crippen molar-refractivity contribution < 1.29 is 9.90 Å². The number of nitrogens with one attached hydrogen (secondary N) is 1. The summed E-state index contributed by atoms with van der Waals surface area (Å²) in [7, 11) is 0. The van der Waals surface area contributed by atoms with E-state index in [2.05, 4.69) is 52.1 Å². The van der Waals surface area contributed by atoms with Gasteiger partial charge in [0.1, 0.15) is 5.69 Å². The number of hydrogen-bond donors (Lipinski definition) is 2. The quantitative estimate of drug-likeness (QED) is 0.584. The Morgan fingerprint density at radius 1 is 1.27 bits per heavy atom.